The van der Waals surface area contributed by atoms with Crippen LogP contribution >= 0.6 is 0 Å². The summed E-state index contributed by atoms with van der Waals surface area (Å²) in [5, 5.41) is 29.5. The van der Waals surface area contributed by atoms with Gasteiger partial charge in [-0.1, -0.05) is 24.6 Å². The summed E-state index contributed by atoms with van der Waals surface area (Å²) in [6.45, 7) is 0.571. The molecule has 232 valence electrons. The van der Waals surface area contributed by atoms with Crippen LogP contribution in [0.5, 0.6) is 5.75 Å². The quantitative estimate of drug-likeness (QED) is 0.133. The second kappa shape index (κ2) is 14.3. The maximum absolute atomic E-state index is 13.7. The van der Waals surface area contributed by atoms with E-state index >= 15 is 0 Å². The van der Waals surface area contributed by atoms with Gasteiger partial charge in [-0.25, -0.2) is 0 Å². The highest BCUT2D eigenvalue weighted by Crippen LogP contribution is 2.50. The van der Waals surface area contributed by atoms with E-state index in [1.54, 1.807) is 25.4 Å². The predicted molar refractivity (Wildman–Crippen MR) is 164 cm³/mol. The number of aromatic nitrogens is 1. The number of pyridine rings is 1. The van der Waals surface area contributed by atoms with E-state index < -0.39 is 31.0 Å². The number of carbonyl (C=O) groups is 3. The van der Waals surface area contributed by atoms with Gasteiger partial charge in [-0.05, 0) is 97.0 Å². The van der Waals surface area contributed by atoms with Gasteiger partial charge in [-0.3, -0.25) is 24.3 Å². The van der Waals surface area contributed by atoms with Crippen LogP contribution in [0.2, 0.25) is 6.32 Å². The largest absolute Gasteiger partial charge is 0.508 e. The molecule has 2 fully saturated rings. The number of benzene rings is 1. The van der Waals surface area contributed by atoms with Crippen LogP contribution in [0.1, 0.15) is 56.2 Å². The maximum atomic E-state index is 13.7. The van der Waals surface area contributed by atoms with E-state index in [1.807, 2.05) is 36.4 Å². The molecule has 2 aromatic rings. The van der Waals surface area contributed by atoms with Crippen LogP contribution < -0.4 is 0 Å². The lowest BCUT2D eigenvalue weighted by Gasteiger charge is -2.43. The van der Waals surface area contributed by atoms with Crippen molar-refractivity contribution in [1.82, 2.24) is 9.88 Å². The number of carbonyl (C=O) groups excluding carboxylic acids is 2. The second-order valence-electron chi connectivity index (χ2n) is 11.8. The van der Waals surface area contributed by atoms with Crippen molar-refractivity contribution >= 4 is 36.6 Å². The number of rotatable bonds is 13. The summed E-state index contributed by atoms with van der Waals surface area (Å²) in [4.78, 5) is 44.0. The zero-order valence-corrected chi connectivity index (χ0v) is 24.9. The number of hydrogen-bond acceptors (Lipinski definition) is 8. The van der Waals surface area contributed by atoms with Crippen molar-refractivity contribution in [3.05, 3.63) is 71.1 Å². The molecule has 0 saturated carbocycles. The third kappa shape index (κ3) is 7.12. The van der Waals surface area contributed by atoms with Gasteiger partial charge in [-0.2, -0.15) is 0 Å². The molecule has 0 unspecified atom stereocenters. The number of carboxylic acid groups (broad SMARTS) is 1. The number of nitrogens with zero attached hydrogens (tertiary/aromatic N) is 2. The number of phenolic OH excluding ortho intramolecular Hbond substituents is 1. The van der Waals surface area contributed by atoms with Crippen LogP contribution in [-0.4, -0.2) is 76.4 Å². The fraction of sp³-hybridized carbons (Fsp3) is 0.455. The molecule has 3 N–H and O–H groups in total. The van der Waals surface area contributed by atoms with Gasteiger partial charge in [0, 0.05) is 26.3 Å². The van der Waals surface area contributed by atoms with Gasteiger partial charge < -0.3 is 24.6 Å². The summed E-state index contributed by atoms with van der Waals surface area (Å²) in [6.07, 6.45) is 6.72. The van der Waals surface area contributed by atoms with E-state index in [2.05, 4.69) is 4.98 Å². The number of methoxy groups -OCH3 is 1. The van der Waals surface area contributed by atoms with Crippen molar-refractivity contribution in [2.45, 2.75) is 57.4 Å². The van der Waals surface area contributed by atoms with Crippen molar-refractivity contribution in [2.24, 2.45) is 17.8 Å². The minimum atomic E-state index is -1.08. The van der Waals surface area contributed by atoms with Crippen LogP contribution in [0, 0.1) is 17.8 Å². The van der Waals surface area contributed by atoms with Gasteiger partial charge in [0.25, 0.3) is 0 Å². The number of likely N-dealkylation sites (tertiary alicyclic amines) is 1. The number of imide groups is 1. The van der Waals surface area contributed by atoms with E-state index in [0.717, 1.165) is 28.0 Å². The first-order chi connectivity index (χ1) is 21.3. The van der Waals surface area contributed by atoms with Crippen molar-refractivity contribution in [3.8, 4) is 5.75 Å². The minimum absolute atomic E-state index is 0.0638. The number of allylic oxidation sites excluding steroid dienone is 1. The Labute approximate surface area is 257 Å². The first-order valence-electron chi connectivity index (χ1n) is 15.3. The Hall–Kier alpha value is -3.80. The van der Waals surface area contributed by atoms with E-state index in [0.29, 0.717) is 45.1 Å². The summed E-state index contributed by atoms with van der Waals surface area (Å²) < 4.78 is 11.7. The molecule has 0 radical (unpaired) electrons. The molecule has 5 rings (SSSR count). The molecule has 2 aliphatic heterocycles. The maximum Gasteiger partial charge on any atom is 0.455 e. The Morgan fingerprint density at radius 2 is 1.89 bits per heavy atom. The first kappa shape index (κ1) is 31.6. The average molecular weight is 602 g/mol. The third-order valence-corrected chi connectivity index (χ3v) is 8.89. The van der Waals surface area contributed by atoms with Gasteiger partial charge in [0.15, 0.2) is 0 Å². The van der Waals surface area contributed by atoms with E-state index in [-0.39, 0.29) is 42.8 Å². The lowest BCUT2D eigenvalue weighted by Crippen LogP contribution is -2.46. The smallest absolute Gasteiger partial charge is 0.455 e. The van der Waals surface area contributed by atoms with Crippen LogP contribution in [0.3, 0.4) is 0 Å². The van der Waals surface area contributed by atoms with E-state index in [9.17, 15) is 24.5 Å². The molecule has 0 bridgehead atoms. The van der Waals surface area contributed by atoms with Crippen molar-refractivity contribution < 1.29 is 39.0 Å². The normalized spacial score (nSPS) is 23.6. The number of phenols is 1. The van der Waals surface area contributed by atoms with Crippen molar-refractivity contribution in [2.75, 3.05) is 20.3 Å². The molecule has 2 saturated heterocycles. The Kier molecular flexibility index (Phi) is 10.3. The highest BCUT2D eigenvalue weighted by atomic mass is 16.5. The summed E-state index contributed by atoms with van der Waals surface area (Å²) in [5.74, 6) is -2.51. The Morgan fingerprint density at radius 1 is 1.09 bits per heavy atom. The molecular formula is C33H39BN2O8. The number of aliphatic carboxylic acids is 1. The molecule has 1 aliphatic carbocycles. The number of aromatic hydroxyl groups is 1. The molecule has 2 amide bonds. The molecule has 1 aromatic carbocycles. The number of hydrogen-bond donors (Lipinski definition) is 3. The Bertz CT molecular complexity index is 1410. The molecule has 0 spiro atoms. The lowest BCUT2D eigenvalue weighted by atomic mass is 9.58. The molecule has 44 heavy (non-hydrogen) atoms. The van der Waals surface area contributed by atoms with Crippen molar-refractivity contribution in [3.63, 3.8) is 0 Å². The summed E-state index contributed by atoms with van der Waals surface area (Å²) >= 11 is 0. The Morgan fingerprint density at radius 3 is 2.59 bits per heavy atom. The standard InChI is InChI=1S/C33H39BN2O8/c1-43-20-23-18-25-31(33(41)36(32(25)40)16-6-2-3-8-29(38)39)26-19-34(42)44-28(30(23)26)14-11-22(27-7-4-5-15-35-27)17-21-9-12-24(37)13-10-21/h4-5,7,9-10,12-13,15,17,25-26,28,31,37,42H,2-3,6,8,11,14,16,18-20H2,1H3,(H,38,39)/b22-17-/t25-,26+,28-,31-/m1/s1. The average Bonchev–Trinajstić information content (AvgIpc) is 3.24. The predicted octanol–water partition coefficient (Wildman–Crippen LogP) is 4.20. The number of unbranched alkanes of at least 4 members (excludes halogenated alkanes) is 2. The second-order valence-corrected chi connectivity index (χ2v) is 11.8. The van der Waals surface area contributed by atoms with Gasteiger partial charge in [0.2, 0.25) is 11.8 Å². The van der Waals surface area contributed by atoms with Crippen LogP contribution in [0.25, 0.3) is 11.6 Å². The fourth-order valence-corrected chi connectivity index (χ4v) is 6.96. The number of fused-ring (bicyclic) bond motifs is 3. The van der Waals surface area contributed by atoms with Crippen LogP contribution in [0.4, 0.5) is 0 Å². The summed E-state index contributed by atoms with van der Waals surface area (Å²) in [6, 6.07) is 12.6. The molecular weight excluding hydrogens is 563 g/mol. The van der Waals surface area contributed by atoms with E-state index in [1.165, 1.54) is 4.90 Å². The third-order valence-electron chi connectivity index (χ3n) is 8.89. The lowest BCUT2D eigenvalue weighted by molar-refractivity contribution is -0.141. The summed E-state index contributed by atoms with van der Waals surface area (Å²) in [7, 11) is 0.524. The fourth-order valence-electron chi connectivity index (χ4n) is 6.96. The van der Waals surface area contributed by atoms with E-state index in [4.69, 9.17) is 14.5 Å². The van der Waals surface area contributed by atoms with Crippen molar-refractivity contribution in [1.29, 1.82) is 0 Å². The van der Waals surface area contributed by atoms with Crippen LogP contribution in [-0.2, 0) is 23.8 Å². The number of ether oxygens (including phenoxy) is 1. The number of amides is 2. The van der Waals surface area contributed by atoms with Gasteiger partial charge in [-0.15, -0.1) is 0 Å². The monoisotopic (exact) mass is 602 g/mol. The zero-order valence-electron chi connectivity index (χ0n) is 24.9. The molecule has 1 aromatic heterocycles. The zero-order chi connectivity index (χ0) is 31.2. The van der Waals surface area contributed by atoms with Crippen LogP contribution in [0.15, 0.2) is 59.8 Å². The first-order valence-corrected chi connectivity index (χ1v) is 15.3. The minimum Gasteiger partial charge on any atom is -0.508 e. The van der Waals surface area contributed by atoms with Gasteiger partial charge in [0.1, 0.15) is 5.75 Å². The Balaban J connectivity index is 1.38. The molecule has 3 heterocycles. The molecule has 4 atom stereocenters. The van der Waals surface area contributed by atoms with Gasteiger partial charge >= 0.3 is 13.1 Å². The topological polar surface area (TPSA) is 146 Å². The van der Waals surface area contributed by atoms with Gasteiger partial charge in [0.05, 0.1) is 30.2 Å². The number of carboxylic acids is 1. The highest BCUT2D eigenvalue weighted by Gasteiger charge is 2.57. The SMILES string of the molecule is COCC1=C2[C@@H](CC/C(=C/c3ccc(O)cc3)c3ccccn3)OB(O)C[C@@H]2[C@@H]2C(=O)N(CCCCCC(=O)O)C(=O)[C@@H]2C1. The molecule has 10 nitrogen and oxygen atoms in total. The molecule has 3 aliphatic rings. The molecule has 11 heteroatoms. The summed E-state index contributed by atoms with van der Waals surface area (Å²) in [5.41, 5.74) is 4.57. The highest BCUT2D eigenvalue weighted by molar-refractivity contribution is 6.43.